The van der Waals surface area contributed by atoms with Crippen molar-refractivity contribution in [2.24, 2.45) is 0 Å². The summed E-state index contributed by atoms with van der Waals surface area (Å²) in [6.45, 7) is 0.214. The highest BCUT2D eigenvalue weighted by atomic mass is 16.5. The Morgan fingerprint density at radius 2 is 1.48 bits per heavy atom. The molecule has 0 heterocycles. The van der Waals surface area contributed by atoms with Gasteiger partial charge in [-0.2, -0.15) is 0 Å². The van der Waals surface area contributed by atoms with Gasteiger partial charge in [0.1, 0.15) is 6.61 Å². The minimum atomic E-state index is -1.19. The van der Waals surface area contributed by atoms with Crippen molar-refractivity contribution in [2.75, 3.05) is 12.3 Å². The van der Waals surface area contributed by atoms with Crippen molar-refractivity contribution in [3.8, 4) is 11.1 Å². The molecule has 1 aliphatic rings. The SMILES string of the molecule is Nc1ccc(CC(O)C(=O)OCC2c3ccccc3-c3ccccc32)cc1. The molecule has 27 heavy (non-hydrogen) atoms. The highest BCUT2D eigenvalue weighted by Crippen LogP contribution is 2.44. The van der Waals surface area contributed by atoms with Crippen LogP contribution in [-0.2, 0) is 16.0 Å². The Morgan fingerprint density at radius 3 is 2.07 bits per heavy atom. The van der Waals surface area contributed by atoms with Crippen molar-refractivity contribution in [3.63, 3.8) is 0 Å². The van der Waals surface area contributed by atoms with Gasteiger partial charge in [0.25, 0.3) is 0 Å². The summed E-state index contributed by atoms with van der Waals surface area (Å²) in [5.41, 5.74) is 11.8. The molecular weight excluding hydrogens is 338 g/mol. The Labute approximate surface area is 158 Å². The van der Waals surface area contributed by atoms with Gasteiger partial charge in [-0.05, 0) is 39.9 Å². The lowest BCUT2D eigenvalue weighted by atomic mass is 9.98. The van der Waals surface area contributed by atoms with E-state index < -0.39 is 12.1 Å². The molecule has 0 radical (unpaired) electrons. The first kappa shape index (κ1) is 17.3. The molecule has 1 atom stereocenters. The summed E-state index contributed by atoms with van der Waals surface area (Å²) in [5, 5.41) is 10.2. The topological polar surface area (TPSA) is 72.5 Å². The van der Waals surface area contributed by atoms with Crippen LogP contribution in [0.2, 0.25) is 0 Å². The largest absolute Gasteiger partial charge is 0.463 e. The van der Waals surface area contributed by atoms with Crippen molar-refractivity contribution in [1.29, 1.82) is 0 Å². The highest BCUT2D eigenvalue weighted by Gasteiger charge is 2.29. The lowest BCUT2D eigenvalue weighted by Crippen LogP contribution is -2.27. The van der Waals surface area contributed by atoms with Crippen LogP contribution < -0.4 is 5.73 Å². The Morgan fingerprint density at radius 1 is 0.926 bits per heavy atom. The summed E-state index contributed by atoms with van der Waals surface area (Å²) in [4.78, 5) is 12.3. The molecule has 4 rings (SSSR count). The summed E-state index contributed by atoms with van der Waals surface area (Å²) < 4.78 is 5.48. The van der Waals surface area contributed by atoms with Gasteiger partial charge in [0, 0.05) is 18.0 Å². The Kier molecular flexibility index (Phi) is 4.65. The molecule has 3 aromatic rings. The third-order valence-corrected chi connectivity index (χ3v) is 5.04. The summed E-state index contributed by atoms with van der Waals surface area (Å²) in [5.74, 6) is -0.612. The van der Waals surface area contributed by atoms with E-state index in [-0.39, 0.29) is 18.9 Å². The van der Waals surface area contributed by atoms with Gasteiger partial charge in [-0.3, -0.25) is 0 Å². The smallest absolute Gasteiger partial charge is 0.335 e. The standard InChI is InChI=1S/C23H21NO3/c24-16-11-9-15(10-12-16)13-22(25)23(26)27-14-21-19-7-3-1-5-17(19)18-6-2-4-8-20(18)21/h1-12,21-22,25H,13-14,24H2. The van der Waals surface area contributed by atoms with Gasteiger partial charge in [0.05, 0.1) is 0 Å². The molecule has 136 valence electrons. The number of carbonyl (C=O) groups is 1. The van der Waals surface area contributed by atoms with Crippen LogP contribution in [0.1, 0.15) is 22.6 Å². The minimum absolute atomic E-state index is 0.00919. The minimum Gasteiger partial charge on any atom is -0.463 e. The van der Waals surface area contributed by atoms with Crippen molar-refractivity contribution in [1.82, 2.24) is 0 Å². The molecule has 3 N–H and O–H groups in total. The quantitative estimate of drug-likeness (QED) is 0.540. The second kappa shape index (κ2) is 7.25. The molecule has 0 bridgehead atoms. The number of nitrogens with two attached hydrogens (primary N) is 1. The number of hydrogen-bond acceptors (Lipinski definition) is 4. The zero-order valence-electron chi connectivity index (χ0n) is 14.8. The Hall–Kier alpha value is -3.11. The molecule has 1 aliphatic carbocycles. The average molecular weight is 359 g/mol. The number of aliphatic hydroxyl groups is 1. The fourth-order valence-corrected chi connectivity index (χ4v) is 3.66. The maximum atomic E-state index is 12.3. The first-order valence-corrected chi connectivity index (χ1v) is 9.01. The normalized spacial score (nSPS) is 13.7. The molecular formula is C23H21NO3. The lowest BCUT2D eigenvalue weighted by molar-refractivity contribution is -0.153. The summed E-state index contributed by atoms with van der Waals surface area (Å²) in [7, 11) is 0. The number of rotatable bonds is 5. The van der Waals surface area contributed by atoms with E-state index in [0.717, 1.165) is 16.7 Å². The molecule has 0 saturated heterocycles. The van der Waals surface area contributed by atoms with Gasteiger partial charge < -0.3 is 15.6 Å². The van der Waals surface area contributed by atoms with Crippen molar-refractivity contribution >= 4 is 11.7 Å². The van der Waals surface area contributed by atoms with E-state index in [1.807, 2.05) is 24.3 Å². The van der Waals surface area contributed by atoms with Gasteiger partial charge in [0.15, 0.2) is 6.10 Å². The zero-order chi connectivity index (χ0) is 18.8. The molecule has 1 unspecified atom stereocenters. The molecule has 0 saturated carbocycles. The molecule has 4 nitrogen and oxygen atoms in total. The average Bonchev–Trinajstić information content (AvgIpc) is 3.02. The van der Waals surface area contributed by atoms with E-state index in [0.29, 0.717) is 5.69 Å². The number of benzene rings is 3. The molecule has 0 amide bonds. The van der Waals surface area contributed by atoms with Gasteiger partial charge >= 0.3 is 5.97 Å². The molecule has 4 heteroatoms. The number of ether oxygens (including phenoxy) is 1. The van der Waals surface area contributed by atoms with E-state index in [1.165, 1.54) is 11.1 Å². The Balaban J connectivity index is 1.45. The molecule has 0 aromatic heterocycles. The van der Waals surface area contributed by atoms with E-state index in [4.69, 9.17) is 10.5 Å². The van der Waals surface area contributed by atoms with E-state index in [1.54, 1.807) is 24.3 Å². The first-order valence-electron chi connectivity index (χ1n) is 9.01. The summed E-state index contributed by atoms with van der Waals surface area (Å²) in [6.07, 6.45) is -0.989. The van der Waals surface area contributed by atoms with E-state index >= 15 is 0 Å². The van der Waals surface area contributed by atoms with Crippen molar-refractivity contribution < 1.29 is 14.6 Å². The van der Waals surface area contributed by atoms with Crippen molar-refractivity contribution in [3.05, 3.63) is 89.5 Å². The van der Waals surface area contributed by atoms with Gasteiger partial charge in [0.2, 0.25) is 0 Å². The first-order chi connectivity index (χ1) is 13.1. The van der Waals surface area contributed by atoms with Crippen LogP contribution >= 0.6 is 0 Å². The van der Waals surface area contributed by atoms with Gasteiger partial charge in [-0.25, -0.2) is 4.79 Å². The van der Waals surface area contributed by atoms with Crippen LogP contribution in [0.4, 0.5) is 5.69 Å². The maximum absolute atomic E-state index is 12.3. The van der Waals surface area contributed by atoms with E-state index in [9.17, 15) is 9.90 Å². The third kappa shape index (κ3) is 3.44. The molecule has 3 aromatic carbocycles. The lowest BCUT2D eigenvalue weighted by Gasteiger charge is -2.16. The predicted molar refractivity (Wildman–Crippen MR) is 105 cm³/mol. The number of fused-ring (bicyclic) bond motifs is 3. The number of anilines is 1. The van der Waals surface area contributed by atoms with Crippen LogP contribution in [0.3, 0.4) is 0 Å². The zero-order valence-corrected chi connectivity index (χ0v) is 14.8. The fourth-order valence-electron chi connectivity index (χ4n) is 3.66. The number of aliphatic hydroxyl groups excluding tert-OH is 1. The second-order valence-electron chi connectivity index (χ2n) is 6.82. The summed E-state index contributed by atoms with van der Waals surface area (Å²) >= 11 is 0. The van der Waals surface area contributed by atoms with Crippen molar-refractivity contribution in [2.45, 2.75) is 18.4 Å². The molecule has 0 spiro atoms. The third-order valence-electron chi connectivity index (χ3n) is 5.04. The number of hydrogen-bond donors (Lipinski definition) is 2. The van der Waals surface area contributed by atoms with Gasteiger partial charge in [-0.1, -0.05) is 60.7 Å². The van der Waals surface area contributed by atoms with Crippen LogP contribution in [0.25, 0.3) is 11.1 Å². The molecule has 0 fully saturated rings. The van der Waals surface area contributed by atoms with E-state index in [2.05, 4.69) is 24.3 Å². The molecule has 0 aliphatic heterocycles. The summed E-state index contributed by atoms with van der Waals surface area (Å²) in [6, 6.07) is 23.4. The van der Waals surface area contributed by atoms with Crippen LogP contribution in [-0.4, -0.2) is 23.8 Å². The highest BCUT2D eigenvalue weighted by molar-refractivity contribution is 5.79. The van der Waals surface area contributed by atoms with Crippen LogP contribution in [0, 0.1) is 0 Å². The predicted octanol–water partition coefficient (Wildman–Crippen LogP) is 3.53. The Bertz CT molecular complexity index is 920. The van der Waals surface area contributed by atoms with Gasteiger partial charge in [-0.15, -0.1) is 0 Å². The second-order valence-corrected chi connectivity index (χ2v) is 6.82. The van der Waals surface area contributed by atoms with Crippen LogP contribution in [0.5, 0.6) is 0 Å². The van der Waals surface area contributed by atoms with Crippen LogP contribution in [0.15, 0.2) is 72.8 Å². The number of esters is 1. The number of nitrogen functional groups attached to an aromatic ring is 1. The maximum Gasteiger partial charge on any atom is 0.335 e. The number of carbonyl (C=O) groups excluding carboxylic acids is 1. The monoisotopic (exact) mass is 359 g/mol. The fraction of sp³-hybridized carbons (Fsp3) is 0.174.